The van der Waals surface area contributed by atoms with Crippen LogP contribution in [-0.2, 0) is 0 Å². The number of carbonyl (C=O) groups excluding carboxylic acids is 1. The first-order chi connectivity index (χ1) is 7.34. The van der Waals surface area contributed by atoms with Crippen LogP contribution < -0.4 is 0 Å². The maximum atomic E-state index is 13.7. The number of halogens is 3. The summed E-state index contributed by atoms with van der Waals surface area (Å²) < 4.78 is 13.7. The molecule has 0 aliphatic carbocycles. The first-order valence-corrected chi connectivity index (χ1v) is 5.91. The van der Waals surface area contributed by atoms with Gasteiger partial charge in [-0.2, -0.15) is 0 Å². The molecule has 0 atom stereocenters. The maximum Gasteiger partial charge on any atom is 0.169 e. The lowest BCUT2D eigenvalue weighted by Gasteiger charge is -2.09. The Balaban J connectivity index is 3.27. The summed E-state index contributed by atoms with van der Waals surface area (Å²) in [6.45, 7) is 3.68. The van der Waals surface area contributed by atoms with E-state index in [4.69, 9.17) is 11.6 Å². The van der Waals surface area contributed by atoms with E-state index in [9.17, 15) is 14.3 Å². The lowest BCUT2D eigenvalue weighted by atomic mass is 10.00. The summed E-state index contributed by atoms with van der Waals surface area (Å²) in [6.07, 6.45) is 0.164. The van der Waals surface area contributed by atoms with E-state index in [0.717, 1.165) is 0 Å². The zero-order chi connectivity index (χ0) is 12.5. The number of hydrogen-bond acceptors (Lipinski definition) is 2. The van der Waals surface area contributed by atoms with Gasteiger partial charge < -0.3 is 5.11 Å². The first-order valence-electron chi connectivity index (χ1n) is 4.74. The predicted molar refractivity (Wildman–Crippen MR) is 64.6 cm³/mol. The Morgan fingerprint density at radius 1 is 1.62 bits per heavy atom. The summed E-state index contributed by atoms with van der Waals surface area (Å²) in [7, 11) is 0. The fourth-order valence-electron chi connectivity index (χ4n) is 1.31. The molecule has 0 aliphatic heterocycles. The largest absolute Gasteiger partial charge is 0.506 e. The van der Waals surface area contributed by atoms with Crippen molar-refractivity contribution in [3.8, 4) is 5.75 Å². The Morgan fingerprint density at radius 3 is 2.69 bits per heavy atom. The zero-order valence-electron chi connectivity index (χ0n) is 8.85. The Morgan fingerprint density at radius 2 is 2.19 bits per heavy atom. The molecule has 0 radical (unpaired) electrons. The average molecular weight is 310 g/mol. The topological polar surface area (TPSA) is 37.3 Å². The fraction of sp³-hybridized carbons (Fsp3) is 0.364. The van der Waals surface area contributed by atoms with Crippen molar-refractivity contribution >= 4 is 33.3 Å². The summed E-state index contributed by atoms with van der Waals surface area (Å²) in [6, 6.07) is 1.22. The Labute approximate surface area is 107 Å². The summed E-state index contributed by atoms with van der Waals surface area (Å²) >= 11 is 8.62. The highest BCUT2D eigenvalue weighted by Crippen LogP contribution is 2.35. The number of rotatable bonds is 3. The summed E-state index contributed by atoms with van der Waals surface area (Å²) in [5.74, 6) is -1.63. The summed E-state index contributed by atoms with van der Waals surface area (Å²) in [5.41, 5.74) is -0.340. The molecule has 1 aromatic carbocycles. The maximum absolute atomic E-state index is 13.7. The minimum absolute atomic E-state index is 0.0413. The van der Waals surface area contributed by atoms with E-state index in [1.807, 2.05) is 13.8 Å². The van der Waals surface area contributed by atoms with Crippen LogP contribution in [0.4, 0.5) is 4.39 Å². The van der Waals surface area contributed by atoms with Crippen molar-refractivity contribution in [3.05, 3.63) is 26.9 Å². The molecule has 1 N–H and O–H groups in total. The second-order valence-corrected chi connectivity index (χ2v) is 5.16. The van der Waals surface area contributed by atoms with Crippen molar-refractivity contribution in [2.24, 2.45) is 5.92 Å². The van der Waals surface area contributed by atoms with Crippen LogP contribution in [0.3, 0.4) is 0 Å². The molecule has 0 heterocycles. The average Bonchev–Trinajstić information content (AvgIpc) is 2.14. The van der Waals surface area contributed by atoms with Crippen LogP contribution >= 0.6 is 27.5 Å². The van der Waals surface area contributed by atoms with Gasteiger partial charge in [-0.25, -0.2) is 4.39 Å². The normalized spacial score (nSPS) is 10.9. The Kier molecular flexibility index (Phi) is 4.33. The van der Waals surface area contributed by atoms with Gasteiger partial charge in [0.1, 0.15) is 5.75 Å². The second-order valence-electron chi connectivity index (χ2n) is 3.90. The molecule has 0 bridgehead atoms. The predicted octanol–water partition coefficient (Wildman–Crippen LogP) is 4.18. The van der Waals surface area contributed by atoms with Crippen molar-refractivity contribution in [2.45, 2.75) is 20.3 Å². The standard InChI is InChI=1S/C11H11BrClFO2/c1-5(2)3-8(15)9-10(14)6(12)4-7(13)11(9)16/h4-5,16H,3H2,1-2H3. The van der Waals surface area contributed by atoms with Gasteiger partial charge in [-0.1, -0.05) is 25.4 Å². The van der Waals surface area contributed by atoms with Gasteiger partial charge in [-0.15, -0.1) is 0 Å². The third-order valence-corrected chi connectivity index (χ3v) is 2.88. The van der Waals surface area contributed by atoms with Gasteiger partial charge in [0.25, 0.3) is 0 Å². The van der Waals surface area contributed by atoms with Crippen LogP contribution in [0.15, 0.2) is 10.5 Å². The number of phenols is 1. The van der Waals surface area contributed by atoms with Crippen molar-refractivity contribution < 1.29 is 14.3 Å². The van der Waals surface area contributed by atoms with Crippen LogP contribution in [-0.4, -0.2) is 10.9 Å². The van der Waals surface area contributed by atoms with Gasteiger partial charge in [0.15, 0.2) is 11.6 Å². The van der Waals surface area contributed by atoms with Crippen LogP contribution in [0.25, 0.3) is 0 Å². The molecule has 0 fully saturated rings. The monoisotopic (exact) mass is 308 g/mol. The van der Waals surface area contributed by atoms with E-state index < -0.39 is 17.3 Å². The molecular weight excluding hydrogens is 298 g/mol. The van der Waals surface area contributed by atoms with Crippen LogP contribution in [0.1, 0.15) is 30.6 Å². The van der Waals surface area contributed by atoms with Gasteiger partial charge in [0.2, 0.25) is 0 Å². The lowest BCUT2D eigenvalue weighted by molar-refractivity contribution is 0.0961. The van der Waals surface area contributed by atoms with Gasteiger partial charge in [-0.05, 0) is 27.9 Å². The lowest BCUT2D eigenvalue weighted by Crippen LogP contribution is -2.07. The number of aromatic hydroxyl groups is 1. The van der Waals surface area contributed by atoms with E-state index in [1.165, 1.54) is 6.07 Å². The number of phenolic OH excluding ortho intramolecular Hbond substituents is 1. The minimum atomic E-state index is -0.771. The quantitative estimate of drug-likeness (QED) is 0.672. The third kappa shape index (κ3) is 2.74. The molecule has 0 saturated carbocycles. The van der Waals surface area contributed by atoms with E-state index in [2.05, 4.69) is 15.9 Å². The molecular formula is C11H11BrClFO2. The van der Waals surface area contributed by atoms with Crippen LogP contribution in [0.2, 0.25) is 5.02 Å². The smallest absolute Gasteiger partial charge is 0.169 e. The van der Waals surface area contributed by atoms with Crippen molar-refractivity contribution in [1.29, 1.82) is 0 Å². The minimum Gasteiger partial charge on any atom is -0.506 e. The first kappa shape index (κ1) is 13.5. The molecule has 5 heteroatoms. The number of carbonyl (C=O) groups is 1. The zero-order valence-corrected chi connectivity index (χ0v) is 11.2. The van der Waals surface area contributed by atoms with Crippen molar-refractivity contribution in [3.63, 3.8) is 0 Å². The van der Waals surface area contributed by atoms with Gasteiger partial charge in [0, 0.05) is 6.42 Å². The highest BCUT2D eigenvalue weighted by molar-refractivity contribution is 9.10. The van der Waals surface area contributed by atoms with Crippen LogP contribution in [0, 0.1) is 11.7 Å². The van der Waals surface area contributed by atoms with Gasteiger partial charge in [0.05, 0.1) is 15.1 Å². The number of hydrogen-bond donors (Lipinski definition) is 1. The molecule has 0 saturated heterocycles. The molecule has 0 unspecified atom stereocenters. The molecule has 16 heavy (non-hydrogen) atoms. The number of ketones is 1. The molecule has 2 nitrogen and oxygen atoms in total. The highest BCUT2D eigenvalue weighted by Gasteiger charge is 2.22. The molecule has 0 aliphatic rings. The molecule has 0 spiro atoms. The third-order valence-electron chi connectivity index (χ3n) is 2.02. The van der Waals surface area contributed by atoms with E-state index in [-0.39, 0.29) is 27.4 Å². The molecule has 1 aromatic rings. The molecule has 0 aromatic heterocycles. The van der Waals surface area contributed by atoms with E-state index in [0.29, 0.717) is 0 Å². The SMILES string of the molecule is CC(C)CC(=O)c1c(O)c(Cl)cc(Br)c1F. The Hall–Kier alpha value is -0.610. The highest BCUT2D eigenvalue weighted by atomic mass is 79.9. The molecule has 0 amide bonds. The number of Topliss-reactive ketones (excluding diaryl/α,β-unsaturated/α-hetero) is 1. The molecule has 88 valence electrons. The van der Waals surface area contributed by atoms with Gasteiger partial charge in [-0.3, -0.25) is 4.79 Å². The van der Waals surface area contributed by atoms with Gasteiger partial charge >= 0.3 is 0 Å². The van der Waals surface area contributed by atoms with Crippen molar-refractivity contribution in [2.75, 3.05) is 0 Å². The van der Waals surface area contributed by atoms with Crippen LogP contribution in [0.5, 0.6) is 5.75 Å². The number of benzene rings is 1. The Bertz CT molecular complexity index is 406. The van der Waals surface area contributed by atoms with E-state index in [1.54, 1.807) is 0 Å². The fourth-order valence-corrected chi connectivity index (χ4v) is 2.08. The molecule has 1 rings (SSSR count). The van der Waals surface area contributed by atoms with Crippen molar-refractivity contribution in [1.82, 2.24) is 0 Å². The second kappa shape index (κ2) is 5.15. The van der Waals surface area contributed by atoms with E-state index >= 15 is 0 Å². The summed E-state index contributed by atoms with van der Waals surface area (Å²) in [4.78, 5) is 11.7. The summed E-state index contributed by atoms with van der Waals surface area (Å²) in [5, 5.41) is 9.53.